The molecule has 0 unspecified atom stereocenters. The molecule has 0 spiro atoms. The molecule has 0 bridgehead atoms. The van der Waals surface area contributed by atoms with Gasteiger partial charge in [0.1, 0.15) is 11.4 Å². The van der Waals surface area contributed by atoms with Crippen LogP contribution in [0.15, 0.2) is 73.2 Å². The van der Waals surface area contributed by atoms with Crippen LogP contribution >= 0.6 is 0 Å². The Morgan fingerprint density at radius 1 is 1.04 bits per heavy atom. The van der Waals surface area contributed by atoms with E-state index < -0.39 is 0 Å². The number of pyridine rings is 2. The van der Waals surface area contributed by atoms with Crippen molar-refractivity contribution >= 4 is 5.91 Å². The Morgan fingerprint density at radius 2 is 1.85 bits per heavy atom. The Morgan fingerprint density at radius 3 is 2.42 bits per heavy atom. The first-order valence-electron chi connectivity index (χ1n) is 8.50. The lowest BCUT2D eigenvalue weighted by atomic mass is 9.97. The molecule has 0 saturated heterocycles. The fourth-order valence-electron chi connectivity index (χ4n) is 2.96. The van der Waals surface area contributed by atoms with E-state index in [-0.39, 0.29) is 11.9 Å². The van der Waals surface area contributed by atoms with Gasteiger partial charge in [0.15, 0.2) is 0 Å². The number of hydrogen-bond donors (Lipinski definition) is 0. The van der Waals surface area contributed by atoms with E-state index >= 15 is 0 Å². The number of rotatable bonds is 6. The fraction of sp³-hybridized carbons (Fsp3) is 0.190. The largest absolute Gasteiger partial charge is 0.497 e. The van der Waals surface area contributed by atoms with Gasteiger partial charge in [-0.05, 0) is 48.4 Å². The molecule has 0 aliphatic rings. The van der Waals surface area contributed by atoms with Crippen LogP contribution in [-0.4, -0.2) is 34.4 Å². The average Bonchev–Trinajstić information content (AvgIpc) is 2.73. The third-order valence-electron chi connectivity index (χ3n) is 4.23. The van der Waals surface area contributed by atoms with E-state index in [1.54, 1.807) is 42.7 Å². The Bertz CT molecular complexity index is 836. The van der Waals surface area contributed by atoms with Crippen LogP contribution < -0.4 is 4.74 Å². The molecule has 0 N–H and O–H groups in total. The summed E-state index contributed by atoms with van der Waals surface area (Å²) >= 11 is 0. The Balaban J connectivity index is 2.04. The molecule has 2 aromatic heterocycles. The number of methoxy groups -OCH3 is 1. The first kappa shape index (κ1) is 17.6. The summed E-state index contributed by atoms with van der Waals surface area (Å²) < 4.78 is 5.26. The van der Waals surface area contributed by atoms with Crippen LogP contribution in [0, 0.1) is 0 Å². The topological polar surface area (TPSA) is 55.3 Å². The van der Waals surface area contributed by atoms with E-state index in [1.165, 1.54) is 0 Å². The van der Waals surface area contributed by atoms with Crippen molar-refractivity contribution in [1.29, 1.82) is 0 Å². The van der Waals surface area contributed by atoms with E-state index in [9.17, 15) is 4.79 Å². The number of carbonyl (C=O) groups is 1. The van der Waals surface area contributed by atoms with Crippen LogP contribution in [0.3, 0.4) is 0 Å². The molecule has 5 heteroatoms. The van der Waals surface area contributed by atoms with Crippen LogP contribution in [0.4, 0.5) is 0 Å². The van der Waals surface area contributed by atoms with Gasteiger partial charge in [-0.15, -0.1) is 0 Å². The van der Waals surface area contributed by atoms with Crippen LogP contribution in [0.1, 0.15) is 34.6 Å². The van der Waals surface area contributed by atoms with E-state index in [0.29, 0.717) is 12.2 Å². The lowest BCUT2D eigenvalue weighted by Crippen LogP contribution is -2.36. The summed E-state index contributed by atoms with van der Waals surface area (Å²) in [6.07, 6.45) is 5.15. The molecule has 132 valence electrons. The first-order valence-corrected chi connectivity index (χ1v) is 8.50. The highest BCUT2D eigenvalue weighted by atomic mass is 16.5. The molecule has 0 radical (unpaired) electrons. The second-order valence-corrected chi connectivity index (χ2v) is 5.77. The smallest absolute Gasteiger partial charge is 0.273 e. The monoisotopic (exact) mass is 347 g/mol. The highest BCUT2D eigenvalue weighted by Crippen LogP contribution is 2.30. The zero-order valence-electron chi connectivity index (χ0n) is 14.9. The van der Waals surface area contributed by atoms with Crippen LogP contribution in [0.2, 0.25) is 0 Å². The van der Waals surface area contributed by atoms with Crippen molar-refractivity contribution in [2.45, 2.75) is 13.0 Å². The number of nitrogens with zero attached hydrogens (tertiary/aromatic N) is 3. The minimum Gasteiger partial charge on any atom is -0.497 e. The van der Waals surface area contributed by atoms with Gasteiger partial charge in [-0.3, -0.25) is 14.8 Å². The highest BCUT2D eigenvalue weighted by molar-refractivity contribution is 5.92. The van der Waals surface area contributed by atoms with Crippen molar-refractivity contribution in [1.82, 2.24) is 14.9 Å². The summed E-state index contributed by atoms with van der Waals surface area (Å²) in [6.45, 7) is 2.51. The maximum Gasteiger partial charge on any atom is 0.273 e. The van der Waals surface area contributed by atoms with Crippen molar-refractivity contribution in [3.8, 4) is 5.75 Å². The van der Waals surface area contributed by atoms with Crippen molar-refractivity contribution in [2.75, 3.05) is 13.7 Å². The number of benzene rings is 1. The van der Waals surface area contributed by atoms with Gasteiger partial charge < -0.3 is 9.64 Å². The second-order valence-electron chi connectivity index (χ2n) is 5.77. The number of hydrogen-bond acceptors (Lipinski definition) is 4. The molecule has 2 heterocycles. The molecule has 1 amide bonds. The summed E-state index contributed by atoms with van der Waals surface area (Å²) in [5.41, 5.74) is 2.37. The Hall–Kier alpha value is -3.21. The zero-order chi connectivity index (χ0) is 18.4. The predicted molar refractivity (Wildman–Crippen MR) is 100 cm³/mol. The maximum atomic E-state index is 13.1. The number of amides is 1. The molecule has 1 atom stereocenters. The molecule has 0 aliphatic heterocycles. The molecule has 3 aromatic rings. The first-order chi connectivity index (χ1) is 12.7. The van der Waals surface area contributed by atoms with Gasteiger partial charge in [0.05, 0.1) is 13.2 Å². The lowest BCUT2D eigenvalue weighted by Gasteiger charge is -2.31. The van der Waals surface area contributed by atoms with Crippen LogP contribution in [0.25, 0.3) is 0 Å². The van der Waals surface area contributed by atoms with Crippen molar-refractivity contribution < 1.29 is 9.53 Å². The molecule has 0 saturated carbocycles. The van der Waals surface area contributed by atoms with Gasteiger partial charge >= 0.3 is 0 Å². The van der Waals surface area contributed by atoms with Crippen molar-refractivity contribution in [3.63, 3.8) is 0 Å². The number of aromatic nitrogens is 2. The third-order valence-corrected chi connectivity index (χ3v) is 4.23. The van der Waals surface area contributed by atoms with E-state index in [4.69, 9.17) is 4.74 Å². The van der Waals surface area contributed by atoms with Crippen LogP contribution in [-0.2, 0) is 0 Å². The molecule has 1 aromatic carbocycles. The minimum atomic E-state index is -0.255. The van der Waals surface area contributed by atoms with Crippen molar-refractivity contribution in [2.24, 2.45) is 0 Å². The maximum absolute atomic E-state index is 13.1. The van der Waals surface area contributed by atoms with Gasteiger partial charge in [0.2, 0.25) is 0 Å². The predicted octanol–water partition coefficient (Wildman–Crippen LogP) is 3.74. The highest BCUT2D eigenvalue weighted by Gasteiger charge is 2.27. The summed E-state index contributed by atoms with van der Waals surface area (Å²) in [4.78, 5) is 23.4. The van der Waals surface area contributed by atoms with Crippen molar-refractivity contribution in [3.05, 3.63) is 90.0 Å². The Labute approximate surface area is 153 Å². The molecule has 3 rings (SSSR count). The summed E-state index contributed by atoms with van der Waals surface area (Å²) in [5.74, 6) is 0.663. The normalized spacial score (nSPS) is 11.6. The minimum absolute atomic E-state index is 0.113. The standard InChI is InChI=1S/C21H21N3O2/c1-3-24(21(25)19-8-4-5-14-23-19)20(17-7-6-13-22-15-17)16-9-11-18(26-2)12-10-16/h4-15,20H,3H2,1-2H3/t20-/m0/s1. The SMILES string of the molecule is CCN(C(=O)c1ccccn1)[C@@H](c1ccc(OC)cc1)c1cccnc1. The van der Waals surface area contributed by atoms with E-state index in [2.05, 4.69) is 9.97 Å². The molecule has 0 aliphatic carbocycles. The summed E-state index contributed by atoms with van der Waals surface area (Å²) in [5, 5.41) is 0. The quantitative estimate of drug-likeness (QED) is 0.682. The number of ether oxygens (including phenoxy) is 1. The molecular formula is C21H21N3O2. The third kappa shape index (κ3) is 3.72. The molecule has 0 fully saturated rings. The van der Waals surface area contributed by atoms with Gasteiger partial charge in [0.25, 0.3) is 5.91 Å². The average molecular weight is 347 g/mol. The van der Waals surface area contributed by atoms with Gasteiger partial charge in [-0.25, -0.2) is 0 Å². The number of carbonyl (C=O) groups excluding carboxylic acids is 1. The molecule has 26 heavy (non-hydrogen) atoms. The van der Waals surface area contributed by atoms with Crippen LogP contribution in [0.5, 0.6) is 5.75 Å². The van der Waals surface area contributed by atoms with E-state index in [1.807, 2.05) is 49.4 Å². The van der Waals surface area contributed by atoms with E-state index in [0.717, 1.165) is 16.9 Å². The lowest BCUT2D eigenvalue weighted by molar-refractivity contribution is 0.0711. The van der Waals surface area contributed by atoms with Gasteiger partial charge in [-0.2, -0.15) is 0 Å². The fourth-order valence-corrected chi connectivity index (χ4v) is 2.96. The summed E-state index contributed by atoms with van der Waals surface area (Å²) in [6, 6.07) is 16.7. The zero-order valence-corrected chi connectivity index (χ0v) is 14.9. The Kier molecular flexibility index (Phi) is 5.59. The molecule has 5 nitrogen and oxygen atoms in total. The molecular weight excluding hydrogens is 326 g/mol. The van der Waals surface area contributed by atoms with Gasteiger partial charge in [0, 0.05) is 25.1 Å². The van der Waals surface area contributed by atoms with Gasteiger partial charge in [-0.1, -0.05) is 24.3 Å². The second kappa shape index (κ2) is 8.25. The summed E-state index contributed by atoms with van der Waals surface area (Å²) in [7, 11) is 1.64.